The maximum absolute atomic E-state index is 4.47. The molecular formula is C19H24N6. The zero-order valence-electron chi connectivity index (χ0n) is 14.7. The Morgan fingerprint density at radius 2 is 2.28 bits per heavy atom. The Morgan fingerprint density at radius 1 is 1.40 bits per heavy atom. The van der Waals surface area contributed by atoms with Gasteiger partial charge in [-0.3, -0.25) is 9.67 Å². The summed E-state index contributed by atoms with van der Waals surface area (Å²) in [6, 6.07) is 10.5. The first kappa shape index (κ1) is 15.7. The number of H-pyrrole nitrogens is 1. The Bertz CT molecular complexity index is 857. The predicted octanol–water partition coefficient (Wildman–Crippen LogP) is 2.47. The van der Waals surface area contributed by atoms with Crippen molar-refractivity contribution in [2.45, 2.75) is 18.9 Å². The summed E-state index contributed by atoms with van der Waals surface area (Å²) < 4.78 is 1.88. The van der Waals surface area contributed by atoms with Crippen LogP contribution in [0.4, 0.5) is 0 Å². The van der Waals surface area contributed by atoms with Crippen LogP contribution in [0.5, 0.6) is 0 Å². The first-order chi connectivity index (χ1) is 12.2. The number of benzene rings is 1. The largest absolute Gasteiger partial charge is 0.357 e. The van der Waals surface area contributed by atoms with E-state index in [-0.39, 0.29) is 0 Å². The fourth-order valence-corrected chi connectivity index (χ4v) is 3.61. The molecule has 4 rings (SSSR count). The van der Waals surface area contributed by atoms with Crippen LogP contribution in [0, 0.1) is 0 Å². The highest BCUT2D eigenvalue weighted by atomic mass is 15.3. The summed E-state index contributed by atoms with van der Waals surface area (Å²) >= 11 is 0. The molecule has 1 saturated heterocycles. The standard InChI is InChI=1S/C19H24N6/c1-20-19(21-11-17-9-14-5-3-4-6-18(14)23-17)25-8-7-15(13-25)16-10-22-24(2)12-16/h3-6,9-10,12,15,23H,7-8,11,13H2,1-2H3,(H,20,21). The van der Waals surface area contributed by atoms with Crippen molar-refractivity contribution < 1.29 is 0 Å². The molecule has 0 bridgehead atoms. The number of aromatic nitrogens is 3. The summed E-state index contributed by atoms with van der Waals surface area (Å²) in [4.78, 5) is 10.3. The van der Waals surface area contributed by atoms with E-state index in [1.807, 2.05) is 25.0 Å². The third kappa shape index (κ3) is 3.24. The number of nitrogens with zero attached hydrogens (tertiary/aromatic N) is 4. The second kappa shape index (κ2) is 6.63. The molecule has 2 aromatic heterocycles. The van der Waals surface area contributed by atoms with Crippen molar-refractivity contribution in [3.8, 4) is 0 Å². The van der Waals surface area contributed by atoms with E-state index in [1.54, 1.807) is 0 Å². The fraction of sp³-hybridized carbons (Fsp3) is 0.368. The Balaban J connectivity index is 1.39. The topological polar surface area (TPSA) is 61.2 Å². The van der Waals surface area contributed by atoms with Gasteiger partial charge in [0.05, 0.1) is 12.7 Å². The lowest BCUT2D eigenvalue weighted by atomic mass is 10.0. The lowest BCUT2D eigenvalue weighted by Gasteiger charge is -2.21. The van der Waals surface area contributed by atoms with Gasteiger partial charge in [0.2, 0.25) is 0 Å². The van der Waals surface area contributed by atoms with Gasteiger partial charge in [-0.1, -0.05) is 18.2 Å². The summed E-state index contributed by atoms with van der Waals surface area (Å²) in [5.41, 5.74) is 3.66. The zero-order chi connectivity index (χ0) is 17.2. The molecule has 1 fully saturated rings. The lowest BCUT2D eigenvalue weighted by Crippen LogP contribution is -2.39. The number of aromatic amines is 1. The van der Waals surface area contributed by atoms with Gasteiger partial charge in [-0.05, 0) is 29.5 Å². The van der Waals surface area contributed by atoms with E-state index in [0.717, 1.165) is 32.0 Å². The molecule has 0 spiro atoms. The third-order valence-electron chi connectivity index (χ3n) is 4.92. The molecule has 25 heavy (non-hydrogen) atoms. The maximum Gasteiger partial charge on any atom is 0.193 e. The quantitative estimate of drug-likeness (QED) is 0.570. The van der Waals surface area contributed by atoms with Crippen LogP contribution in [-0.4, -0.2) is 45.8 Å². The minimum Gasteiger partial charge on any atom is -0.357 e. The van der Waals surface area contributed by atoms with E-state index in [1.165, 1.54) is 22.2 Å². The maximum atomic E-state index is 4.47. The number of fused-ring (bicyclic) bond motifs is 1. The Morgan fingerprint density at radius 3 is 3.04 bits per heavy atom. The van der Waals surface area contributed by atoms with Gasteiger partial charge in [0.15, 0.2) is 5.96 Å². The van der Waals surface area contributed by atoms with Crippen LogP contribution in [0.3, 0.4) is 0 Å². The molecule has 0 radical (unpaired) electrons. The van der Waals surface area contributed by atoms with E-state index in [2.05, 4.69) is 61.8 Å². The lowest BCUT2D eigenvalue weighted by molar-refractivity contribution is 0.485. The van der Waals surface area contributed by atoms with E-state index >= 15 is 0 Å². The van der Waals surface area contributed by atoms with Gasteiger partial charge in [-0.15, -0.1) is 0 Å². The Labute approximate surface area is 147 Å². The number of hydrogen-bond donors (Lipinski definition) is 2. The van der Waals surface area contributed by atoms with Crippen molar-refractivity contribution >= 4 is 16.9 Å². The molecule has 0 saturated carbocycles. The Hall–Kier alpha value is -2.76. The van der Waals surface area contributed by atoms with Gasteiger partial charge >= 0.3 is 0 Å². The molecule has 6 heteroatoms. The van der Waals surface area contributed by atoms with Crippen LogP contribution in [0.1, 0.15) is 23.6 Å². The number of hydrogen-bond acceptors (Lipinski definition) is 2. The second-order valence-corrected chi connectivity index (χ2v) is 6.66. The number of rotatable bonds is 3. The van der Waals surface area contributed by atoms with Crippen LogP contribution in [-0.2, 0) is 13.6 Å². The minimum atomic E-state index is 0.528. The van der Waals surface area contributed by atoms with E-state index in [4.69, 9.17) is 0 Å². The van der Waals surface area contributed by atoms with E-state index in [9.17, 15) is 0 Å². The molecule has 3 heterocycles. The molecular weight excluding hydrogens is 312 g/mol. The molecule has 1 aliphatic heterocycles. The summed E-state index contributed by atoms with van der Waals surface area (Å²) in [5.74, 6) is 1.49. The minimum absolute atomic E-state index is 0.528. The third-order valence-corrected chi connectivity index (χ3v) is 4.92. The van der Waals surface area contributed by atoms with Gasteiger partial charge in [0.1, 0.15) is 0 Å². The summed E-state index contributed by atoms with van der Waals surface area (Å²) in [6.07, 6.45) is 5.24. The highest BCUT2D eigenvalue weighted by molar-refractivity contribution is 5.82. The average molecular weight is 336 g/mol. The molecule has 1 aromatic carbocycles. The zero-order valence-corrected chi connectivity index (χ0v) is 14.7. The monoisotopic (exact) mass is 336 g/mol. The SMILES string of the molecule is CN=C(NCc1cc2ccccc2[nH]1)N1CCC(c2cnn(C)c2)C1. The van der Waals surface area contributed by atoms with Gasteiger partial charge in [-0.2, -0.15) is 5.10 Å². The Kier molecular flexibility index (Phi) is 4.17. The second-order valence-electron chi connectivity index (χ2n) is 6.66. The number of nitrogens with one attached hydrogen (secondary N) is 2. The highest BCUT2D eigenvalue weighted by Gasteiger charge is 2.26. The van der Waals surface area contributed by atoms with Gasteiger partial charge in [-0.25, -0.2) is 0 Å². The number of aliphatic imine (C=N–C) groups is 1. The number of aryl methyl sites for hydroxylation is 1. The van der Waals surface area contributed by atoms with Crippen LogP contribution in [0.15, 0.2) is 47.7 Å². The van der Waals surface area contributed by atoms with Gasteiger partial charge < -0.3 is 15.2 Å². The molecule has 0 amide bonds. The molecule has 3 aromatic rings. The van der Waals surface area contributed by atoms with Crippen molar-refractivity contribution in [1.82, 2.24) is 25.0 Å². The number of likely N-dealkylation sites (tertiary alicyclic amines) is 1. The molecule has 1 aliphatic rings. The van der Waals surface area contributed by atoms with Crippen LogP contribution in [0.2, 0.25) is 0 Å². The van der Waals surface area contributed by atoms with Crippen molar-refractivity contribution in [3.05, 3.63) is 54.0 Å². The summed E-state index contributed by atoms with van der Waals surface area (Å²) in [6.45, 7) is 2.75. The van der Waals surface area contributed by atoms with Gasteiger partial charge in [0.25, 0.3) is 0 Å². The van der Waals surface area contributed by atoms with Crippen LogP contribution in [0.25, 0.3) is 10.9 Å². The van der Waals surface area contributed by atoms with Crippen molar-refractivity contribution in [2.24, 2.45) is 12.0 Å². The summed E-state index contributed by atoms with van der Waals surface area (Å²) in [7, 11) is 3.82. The number of para-hydroxylation sites is 1. The fourth-order valence-electron chi connectivity index (χ4n) is 3.61. The molecule has 2 N–H and O–H groups in total. The first-order valence-electron chi connectivity index (χ1n) is 8.73. The highest BCUT2D eigenvalue weighted by Crippen LogP contribution is 2.26. The van der Waals surface area contributed by atoms with E-state index < -0.39 is 0 Å². The van der Waals surface area contributed by atoms with Crippen molar-refractivity contribution in [1.29, 1.82) is 0 Å². The molecule has 1 atom stereocenters. The smallest absolute Gasteiger partial charge is 0.193 e. The number of guanidine groups is 1. The van der Waals surface area contributed by atoms with E-state index in [0.29, 0.717) is 5.92 Å². The van der Waals surface area contributed by atoms with Crippen molar-refractivity contribution in [3.63, 3.8) is 0 Å². The van der Waals surface area contributed by atoms with Crippen LogP contribution >= 0.6 is 0 Å². The first-order valence-corrected chi connectivity index (χ1v) is 8.73. The molecule has 6 nitrogen and oxygen atoms in total. The molecule has 1 unspecified atom stereocenters. The molecule has 0 aliphatic carbocycles. The van der Waals surface area contributed by atoms with Crippen molar-refractivity contribution in [2.75, 3.05) is 20.1 Å². The van der Waals surface area contributed by atoms with Crippen LogP contribution < -0.4 is 5.32 Å². The normalized spacial score (nSPS) is 18.2. The predicted molar refractivity (Wildman–Crippen MR) is 101 cm³/mol. The average Bonchev–Trinajstić information content (AvgIpc) is 3.34. The summed E-state index contributed by atoms with van der Waals surface area (Å²) in [5, 5.41) is 9.03. The molecule has 130 valence electrons. The van der Waals surface area contributed by atoms with Gasteiger partial charge in [0, 0.05) is 50.5 Å².